The van der Waals surface area contributed by atoms with E-state index in [1.165, 1.54) is 46.9 Å². The third-order valence-corrected chi connectivity index (χ3v) is 9.58. The zero-order valence-electron chi connectivity index (χ0n) is 22.2. The van der Waals surface area contributed by atoms with Crippen LogP contribution in [0.15, 0.2) is 46.0 Å². The smallest absolute Gasteiger partial charge is 0.204 e. The monoisotopic (exact) mass is 574 g/mol. The van der Waals surface area contributed by atoms with E-state index in [4.69, 9.17) is 9.47 Å². The van der Waals surface area contributed by atoms with E-state index in [-0.39, 0.29) is 22.7 Å². The van der Waals surface area contributed by atoms with Crippen LogP contribution < -0.4 is 20.3 Å². The van der Waals surface area contributed by atoms with Crippen LogP contribution in [0.2, 0.25) is 0 Å². The van der Waals surface area contributed by atoms with Crippen molar-refractivity contribution in [1.82, 2.24) is 0 Å². The van der Waals surface area contributed by atoms with Crippen LogP contribution in [0.1, 0.15) is 27.7 Å². The normalized spacial score (nSPS) is 12.6. The molecule has 0 amide bonds. The van der Waals surface area contributed by atoms with Gasteiger partial charge in [-0.2, -0.15) is 0 Å². The van der Waals surface area contributed by atoms with Crippen molar-refractivity contribution in [1.29, 1.82) is 0 Å². The van der Waals surface area contributed by atoms with Crippen molar-refractivity contribution in [2.75, 3.05) is 13.2 Å². The Morgan fingerprint density at radius 2 is 1.00 bits per heavy atom. The molecular formula is C32H24F2O4S2. The molecule has 2 heterocycles. The first-order valence-corrected chi connectivity index (χ1v) is 14.8. The fourth-order valence-corrected chi connectivity index (χ4v) is 8.08. The molecule has 0 saturated heterocycles. The lowest BCUT2D eigenvalue weighted by atomic mass is 10.0. The maximum absolute atomic E-state index is 14.1. The van der Waals surface area contributed by atoms with E-state index in [1.807, 2.05) is 0 Å². The van der Waals surface area contributed by atoms with E-state index in [0.717, 1.165) is 30.9 Å². The highest BCUT2D eigenvalue weighted by molar-refractivity contribution is 7.28. The molecule has 40 heavy (non-hydrogen) atoms. The zero-order chi connectivity index (χ0) is 28.0. The molecule has 5 aromatic carbocycles. The summed E-state index contributed by atoms with van der Waals surface area (Å²) >= 11 is 2.63. The van der Waals surface area contributed by atoms with Crippen LogP contribution in [0.5, 0.6) is 11.5 Å². The first-order chi connectivity index (χ1) is 19.2. The first kappa shape index (κ1) is 25.4. The van der Waals surface area contributed by atoms with Gasteiger partial charge in [0.1, 0.15) is 23.1 Å². The Hall–Kier alpha value is -3.62. The maximum atomic E-state index is 14.1. The quantitative estimate of drug-likeness (QED) is 0.199. The second kappa shape index (κ2) is 8.94. The summed E-state index contributed by atoms with van der Waals surface area (Å²) in [5, 5.41) is 4.93. The molecule has 0 unspecified atom stereocenters. The topological polar surface area (TPSA) is 52.6 Å². The molecule has 0 N–H and O–H groups in total. The molecule has 8 heteroatoms. The predicted octanol–water partition coefficient (Wildman–Crippen LogP) is 8.67. The van der Waals surface area contributed by atoms with Gasteiger partial charge in [-0.25, -0.2) is 8.78 Å². The van der Waals surface area contributed by atoms with E-state index in [2.05, 4.69) is 27.7 Å². The van der Waals surface area contributed by atoms with Crippen LogP contribution in [0, 0.1) is 23.5 Å². The largest absolute Gasteiger partial charge is 0.491 e. The van der Waals surface area contributed by atoms with E-state index >= 15 is 0 Å². The molecular weight excluding hydrogens is 550 g/mol. The van der Waals surface area contributed by atoms with Gasteiger partial charge in [-0.3, -0.25) is 9.59 Å². The molecule has 0 spiro atoms. The lowest BCUT2D eigenvalue weighted by Gasteiger charge is -2.16. The summed E-state index contributed by atoms with van der Waals surface area (Å²) in [5.41, 5.74) is -0.445. The second-order valence-corrected chi connectivity index (χ2v) is 13.2. The van der Waals surface area contributed by atoms with Crippen molar-refractivity contribution >= 4 is 84.6 Å². The fraction of sp³-hybridized carbons (Fsp3) is 0.250. The van der Waals surface area contributed by atoms with Gasteiger partial charge in [0.25, 0.3) is 0 Å². The van der Waals surface area contributed by atoms with Crippen molar-refractivity contribution in [2.24, 2.45) is 11.8 Å². The Morgan fingerprint density at radius 1 is 0.600 bits per heavy atom. The van der Waals surface area contributed by atoms with Crippen LogP contribution in [0.25, 0.3) is 61.9 Å². The van der Waals surface area contributed by atoms with Crippen LogP contribution in [0.3, 0.4) is 0 Å². The molecule has 0 atom stereocenters. The number of fused-ring (bicyclic) bond motifs is 10. The summed E-state index contributed by atoms with van der Waals surface area (Å²) in [6.07, 6.45) is 0. The van der Waals surface area contributed by atoms with Crippen LogP contribution >= 0.6 is 22.7 Å². The Labute approximate surface area is 235 Å². The highest BCUT2D eigenvalue weighted by Crippen LogP contribution is 2.56. The van der Waals surface area contributed by atoms with Crippen LogP contribution in [0.4, 0.5) is 8.78 Å². The lowest BCUT2D eigenvalue weighted by Crippen LogP contribution is -2.07. The molecule has 0 radical (unpaired) electrons. The molecule has 0 aliphatic carbocycles. The van der Waals surface area contributed by atoms with Gasteiger partial charge in [0.05, 0.1) is 32.0 Å². The van der Waals surface area contributed by atoms with Gasteiger partial charge in [0.15, 0.2) is 0 Å². The maximum Gasteiger partial charge on any atom is 0.204 e. The summed E-state index contributed by atoms with van der Waals surface area (Å²) in [4.78, 5) is 27.0. The van der Waals surface area contributed by atoms with Gasteiger partial charge < -0.3 is 9.47 Å². The third-order valence-electron chi connectivity index (χ3n) is 7.21. The lowest BCUT2D eigenvalue weighted by molar-refractivity contribution is 0.273. The van der Waals surface area contributed by atoms with E-state index in [9.17, 15) is 18.4 Å². The Balaban J connectivity index is 1.73. The van der Waals surface area contributed by atoms with E-state index < -0.39 is 11.6 Å². The van der Waals surface area contributed by atoms with E-state index in [1.54, 1.807) is 12.1 Å². The number of hydrogen-bond donors (Lipinski definition) is 0. The molecule has 0 bridgehead atoms. The van der Waals surface area contributed by atoms with Crippen LogP contribution in [-0.4, -0.2) is 13.2 Å². The molecule has 0 aliphatic heterocycles. The molecule has 0 aliphatic rings. The average molecular weight is 575 g/mol. The van der Waals surface area contributed by atoms with Crippen LogP contribution in [-0.2, 0) is 0 Å². The SMILES string of the molecule is CC(C)COc1c2sc3c(=O)c4cc(F)ccc4c3c2c(OCC(C)C)c2sc3c(=O)c4cc(F)ccc4c3c12. The molecule has 4 nitrogen and oxygen atoms in total. The number of benzene rings is 3. The summed E-state index contributed by atoms with van der Waals surface area (Å²) in [6.45, 7) is 9.05. The van der Waals surface area contributed by atoms with E-state index in [0.29, 0.717) is 55.7 Å². The van der Waals surface area contributed by atoms with Crippen molar-refractivity contribution in [2.45, 2.75) is 27.7 Å². The summed E-state index contributed by atoms with van der Waals surface area (Å²) in [7, 11) is 0. The highest BCUT2D eigenvalue weighted by atomic mass is 32.1. The molecule has 0 fully saturated rings. The van der Waals surface area contributed by atoms with Crippen molar-refractivity contribution in [3.05, 3.63) is 68.5 Å². The molecule has 7 rings (SSSR count). The highest BCUT2D eigenvalue weighted by Gasteiger charge is 2.30. The van der Waals surface area contributed by atoms with Gasteiger partial charge in [0.2, 0.25) is 10.9 Å². The third kappa shape index (κ3) is 3.52. The van der Waals surface area contributed by atoms with Crippen molar-refractivity contribution in [3.8, 4) is 11.5 Å². The van der Waals surface area contributed by atoms with Gasteiger partial charge in [0, 0.05) is 32.3 Å². The van der Waals surface area contributed by atoms with Gasteiger partial charge in [-0.1, -0.05) is 39.8 Å². The number of hydrogen-bond acceptors (Lipinski definition) is 6. The number of halogens is 2. The minimum absolute atomic E-state index is 0.216. The first-order valence-electron chi connectivity index (χ1n) is 13.2. The average Bonchev–Trinajstić information content (AvgIpc) is 3.62. The number of ether oxygens (including phenoxy) is 2. The number of thiophene rings is 2. The van der Waals surface area contributed by atoms with Gasteiger partial charge in [-0.05, 0) is 46.9 Å². The fourth-order valence-electron chi connectivity index (χ4n) is 5.54. The van der Waals surface area contributed by atoms with Gasteiger partial charge >= 0.3 is 0 Å². The van der Waals surface area contributed by atoms with Crippen molar-refractivity contribution in [3.63, 3.8) is 0 Å². The van der Waals surface area contributed by atoms with Gasteiger partial charge in [-0.15, -0.1) is 22.7 Å². The molecule has 7 aromatic rings. The number of rotatable bonds is 6. The van der Waals surface area contributed by atoms with Crippen molar-refractivity contribution < 1.29 is 18.3 Å². The predicted molar refractivity (Wildman–Crippen MR) is 163 cm³/mol. The molecule has 202 valence electrons. The second-order valence-electron chi connectivity index (χ2n) is 11.1. The summed E-state index contributed by atoms with van der Waals surface area (Å²) in [5.74, 6) is 0.689. The summed E-state index contributed by atoms with van der Waals surface area (Å²) in [6, 6.07) is 8.59. The Bertz CT molecular complexity index is 2090. The molecule has 0 saturated carbocycles. The Kier molecular flexibility index (Phi) is 5.67. The standard InChI is InChI=1S/C32H24F2O4S2/c1-13(2)11-37-27-23-21-17-7-5-15(33)9-19(17)25(35)29(21)40-32(23)28(38-12-14(3)4)24-22-18-8-6-16(34)10-20(18)26(36)30(22)39-31(24)27/h5-10,13-14H,11-12H2,1-4H3. The summed E-state index contributed by atoms with van der Waals surface area (Å²) < 4.78 is 43.9. The minimum Gasteiger partial charge on any atom is -0.491 e. The zero-order valence-corrected chi connectivity index (χ0v) is 23.9. The Morgan fingerprint density at radius 3 is 1.38 bits per heavy atom. The molecule has 2 aromatic heterocycles. The minimum atomic E-state index is -0.463.